The van der Waals surface area contributed by atoms with Crippen LogP contribution >= 0.6 is 0 Å². The smallest absolute Gasteiger partial charge is 0.236 e. The minimum atomic E-state index is 0.115. The van der Waals surface area contributed by atoms with E-state index in [-0.39, 0.29) is 12.5 Å². The van der Waals surface area contributed by atoms with Crippen LogP contribution in [0.15, 0.2) is 30.3 Å². The lowest BCUT2D eigenvalue weighted by Gasteiger charge is -2.31. The molecule has 114 valence electrons. The maximum absolute atomic E-state index is 12.0. The lowest BCUT2D eigenvalue weighted by atomic mass is 10.1. The number of carbonyl (C=O) groups is 1. The number of amides is 1. The van der Waals surface area contributed by atoms with E-state index in [2.05, 4.69) is 35.2 Å². The molecule has 4 heteroatoms. The van der Waals surface area contributed by atoms with Gasteiger partial charge in [-0.3, -0.25) is 9.69 Å². The Hall–Kier alpha value is -1.39. The molecule has 1 saturated carbocycles. The molecule has 21 heavy (non-hydrogen) atoms. The van der Waals surface area contributed by atoms with Gasteiger partial charge >= 0.3 is 0 Å². The maximum Gasteiger partial charge on any atom is 0.236 e. The molecule has 1 aromatic rings. The van der Waals surface area contributed by atoms with Gasteiger partial charge in [0.1, 0.15) is 0 Å². The summed E-state index contributed by atoms with van der Waals surface area (Å²) in [5, 5.41) is 0. The fourth-order valence-electron chi connectivity index (χ4n) is 3.31. The summed E-state index contributed by atoms with van der Waals surface area (Å²) >= 11 is 0. The molecular weight excluding hydrogens is 262 g/mol. The predicted molar refractivity (Wildman–Crippen MR) is 83.7 cm³/mol. The van der Waals surface area contributed by atoms with E-state index in [1.165, 1.54) is 18.4 Å². The molecule has 1 aliphatic carbocycles. The van der Waals surface area contributed by atoms with Crippen molar-refractivity contribution in [3.63, 3.8) is 0 Å². The number of nitrogens with zero attached hydrogens (tertiary/aromatic N) is 2. The first-order chi connectivity index (χ1) is 10.3. The minimum Gasteiger partial charge on any atom is -0.337 e. The Morgan fingerprint density at radius 3 is 2.67 bits per heavy atom. The second-order valence-electron chi connectivity index (χ2n) is 6.23. The van der Waals surface area contributed by atoms with E-state index in [0.717, 1.165) is 32.5 Å². The summed E-state index contributed by atoms with van der Waals surface area (Å²) in [7, 11) is 0. The Labute approximate surface area is 126 Å². The van der Waals surface area contributed by atoms with Gasteiger partial charge < -0.3 is 10.6 Å². The third-order valence-electron chi connectivity index (χ3n) is 4.62. The van der Waals surface area contributed by atoms with Gasteiger partial charge in [-0.1, -0.05) is 30.3 Å². The second kappa shape index (κ2) is 6.58. The third-order valence-corrected chi connectivity index (χ3v) is 4.62. The summed E-state index contributed by atoms with van der Waals surface area (Å²) < 4.78 is 0. The number of hydrogen-bond acceptors (Lipinski definition) is 3. The van der Waals surface area contributed by atoms with Crippen molar-refractivity contribution in [2.45, 2.75) is 44.3 Å². The first-order valence-corrected chi connectivity index (χ1v) is 8.05. The highest BCUT2D eigenvalue weighted by atomic mass is 16.2. The molecule has 1 saturated heterocycles. The lowest BCUT2D eigenvalue weighted by molar-refractivity contribution is -0.131. The van der Waals surface area contributed by atoms with E-state index in [0.29, 0.717) is 12.1 Å². The van der Waals surface area contributed by atoms with E-state index in [1.807, 2.05) is 4.90 Å². The first-order valence-electron chi connectivity index (χ1n) is 8.05. The number of likely N-dealkylation sites (tertiary alicyclic amines) is 1. The van der Waals surface area contributed by atoms with Gasteiger partial charge in [0.15, 0.2) is 0 Å². The zero-order valence-corrected chi connectivity index (χ0v) is 12.6. The van der Waals surface area contributed by atoms with Crippen LogP contribution in [-0.2, 0) is 11.3 Å². The Bertz CT molecular complexity index is 472. The molecule has 0 radical (unpaired) electrons. The zero-order chi connectivity index (χ0) is 14.7. The van der Waals surface area contributed by atoms with Gasteiger partial charge in [-0.05, 0) is 37.8 Å². The molecule has 1 aromatic carbocycles. The van der Waals surface area contributed by atoms with Crippen LogP contribution in [0, 0.1) is 0 Å². The predicted octanol–water partition coefficient (Wildman–Crippen LogP) is 1.60. The van der Waals surface area contributed by atoms with Gasteiger partial charge in [-0.25, -0.2) is 0 Å². The SMILES string of the molecule is NCC(=O)N(C[C@@H]1CCCN1Cc1ccccc1)C1CC1. The first kappa shape index (κ1) is 14.5. The van der Waals surface area contributed by atoms with Crippen molar-refractivity contribution in [2.75, 3.05) is 19.6 Å². The Morgan fingerprint density at radius 1 is 1.24 bits per heavy atom. The van der Waals surface area contributed by atoms with Crippen LogP contribution in [0.5, 0.6) is 0 Å². The highest BCUT2D eigenvalue weighted by Crippen LogP contribution is 2.29. The van der Waals surface area contributed by atoms with Crippen LogP contribution in [0.4, 0.5) is 0 Å². The van der Waals surface area contributed by atoms with Crippen molar-refractivity contribution in [3.8, 4) is 0 Å². The molecule has 3 rings (SSSR count). The van der Waals surface area contributed by atoms with Gasteiger partial charge in [0.2, 0.25) is 5.91 Å². The van der Waals surface area contributed by atoms with Gasteiger partial charge in [-0.15, -0.1) is 0 Å². The highest BCUT2D eigenvalue weighted by Gasteiger charge is 2.35. The summed E-state index contributed by atoms with van der Waals surface area (Å²) in [5.41, 5.74) is 6.92. The highest BCUT2D eigenvalue weighted by molar-refractivity contribution is 5.78. The third kappa shape index (κ3) is 3.63. The standard InChI is InChI=1S/C17H25N3O/c18-11-17(21)20(15-8-9-15)13-16-7-4-10-19(16)12-14-5-2-1-3-6-14/h1-3,5-6,15-16H,4,7-13,18H2/t16-/m0/s1. The van der Waals surface area contributed by atoms with E-state index in [9.17, 15) is 4.79 Å². The number of hydrogen-bond donors (Lipinski definition) is 1. The van der Waals surface area contributed by atoms with Gasteiger partial charge in [-0.2, -0.15) is 0 Å². The molecule has 1 amide bonds. The fraction of sp³-hybridized carbons (Fsp3) is 0.588. The topological polar surface area (TPSA) is 49.6 Å². The fourth-order valence-corrected chi connectivity index (χ4v) is 3.31. The van der Waals surface area contributed by atoms with Crippen LogP contribution in [0.1, 0.15) is 31.2 Å². The van der Waals surface area contributed by atoms with E-state index in [4.69, 9.17) is 5.73 Å². The van der Waals surface area contributed by atoms with Crippen LogP contribution < -0.4 is 5.73 Å². The minimum absolute atomic E-state index is 0.115. The Morgan fingerprint density at radius 2 is 2.00 bits per heavy atom. The van der Waals surface area contributed by atoms with Gasteiger partial charge in [0.05, 0.1) is 6.54 Å². The average molecular weight is 287 g/mol. The van der Waals surface area contributed by atoms with Gasteiger partial charge in [0.25, 0.3) is 0 Å². The average Bonchev–Trinajstić information content (AvgIpc) is 3.27. The molecule has 4 nitrogen and oxygen atoms in total. The zero-order valence-electron chi connectivity index (χ0n) is 12.6. The van der Waals surface area contributed by atoms with E-state index >= 15 is 0 Å². The van der Waals surface area contributed by atoms with Gasteiger partial charge in [0, 0.05) is 25.2 Å². The molecule has 2 aliphatic rings. The number of nitrogens with two attached hydrogens (primary N) is 1. The van der Waals surface area contributed by atoms with Crippen molar-refractivity contribution < 1.29 is 4.79 Å². The molecule has 1 aliphatic heterocycles. The Balaban J connectivity index is 1.62. The monoisotopic (exact) mass is 287 g/mol. The summed E-state index contributed by atoms with van der Waals surface area (Å²) in [6.45, 7) is 3.12. The summed E-state index contributed by atoms with van der Waals surface area (Å²) in [6, 6.07) is 11.5. The molecule has 0 unspecified atom stereocenters. The molecule has 0 spiro atoms. The molecule has 2 N–H and O–H groups in total. The largest absolute Gasteiger partial charge is 0.337 e. The van der Waals surface area contributed by atoms with Crippen LogP contribution in [0.25, 0.3) is 0 Å². The van der Waals surface area contributed by atoms with Crippen LogP contribution in [0.2, 0.25) is 0 Å². The maximum atomic E-state index is 12.0. The van der Waals surface area contributed by atoms with Crippen molar-refractivity contribution in [1.29, 1.82) is 0 Å². The van der Waals surface area contributed by atoms with E-state index < -0.39 is 0 Å². The normalized spacial score (nSPS) is 22.4. The molecule has 1 atom stereocenters. The lowest BCUT2D eigenvalue weighted by Crippen LogP contribution is -2.46. The molecular formula is C17H25N3O. The Kier molecular flexibility index (Phi) is 4.56. The second-order valence-corrected chi connectivity index (χ2v) is 6.23. The summed E-state index contributed by atoms with van der Waals surface area (Å²) in [4.78, 5) is 16.6. The molecule has 0 bridgehead atoms. The quantitative estimate of drug-likeness (QED) is 0.864. The number of carbonyl (C=O) groups excluding carboxylic acids is 1. The van der Waals surface area contributed by atoms with Crippen molar-refractivity contribution in [3.05, 3.63) is 35.9 Å². The van der Waals surface area contributed by atoms with Crippen molar-refractivity contribution in [1.82, 2.24) is 9.80 Å². The molecule has 1 heterocycles. The summed E-state index contributed by atoms with van der Waals surface area (Å²) in [6.07, 6.45) is 4.72. The van der Waals surface area contributed by atoms with Crippen LogP contribution in [-0.4, -0.2) is 47.4 Å². The van der Waals surface area contributed by atoms with Crippen LogP contribution in [0.3, 0.4) is 0 Å². The van der Waals surface area contributed by atoms with Crippen molar-refractivity contribution in [2.24, 2.45) is 5.73 Å². The van der Waals surface area contributed by atoms with Crippen molar-refractivity contribution >= 4 is 5.91 Å². The molecule has 0 aromatic heterocycles. The van der Waals surface area contributed by atoms with E-state index in [1.54, 1.807) is 0 Å². The molecule has 2 fully saturated rings. The number of benzene rings is 1. The number of rotatable bonds is 6. The summed E-state index contributed by atoms with van der Waals surface area (Å²) in [5.74, 6) is 0.115.